The van der Waals surface area contributed by atoms with E-state index in [1.54, 1.807) is 12.2 Å². The molecule has 0 radical (unpaired) electrons. The standard InChI is InChI=1S/C5H6NO2S/c7-9(8)6-4-2-1-3-5-6/h1-4H,5H2/q+1. The zero-order valence-corrected chi connectivity index (χ0v) is 5.50. The van der Waals surface area contributed by atoms with Crippen molar-refractivity contribution in [3.05, 3.63) is 24.4 Å². The lowest BCUT2D eigenvalue weighted by Crippen LogP contribution is -2.04. The number of nitrogens with zero attached hydrogens (tertiary/aromatic N) is 1. The number of hydrogen-bond donors (Lipinski definition) is 0. The van der Waals surface area contributed by atoms with Crippen LogP contribution in [0.2, 0.25) is 0 Å². The normalized spacial score (nSPS) is 16.2. The van der Waals surface area contributed by atoms with Gasteiger partial charge in [0, 0.05) is 6.08 Å². The minimum Gasteiger partial charge on any atom is -0.122 e. The lowest BCUT2D eigenvalue weighted by molar-refractivity contribution is -0.420. The van der Waals surface area contributed by atoms with Gasteiger partial charge >= 0.3 is 10.5 Å². The third kappa shape index (κ3) is 1.50. The second-order valence-electron chi connectivity index (χ2n) is 1.59. The van der Waals surface area contributed by atoms with Gasteiger partial charge in [0.2, 0.25) is 0 Å². The van der Waals surface area contributed by atoms with Crippen molar-refractivity contribution in [3.8, 4) is 0 Å². The van der Waals surface area contributed by atoms with Crippen molar-refractivity contribution in [1.29, 1.82) is 0 Å². The molecule has 9 heavy (non-hydrogen) atoms. The lowest BCUT2D eigenvalue weighted by Gasteiger charge is -1.86. The monoisotopic (exact) mass is 144 g/mol. The minimum absolute atomic E-state index is 0.451. The average molecular weight is 144 g/mol. The van der Waals surface area contributed by atoms with Gasteiger partial charge in [0.15, 0.2) is 12.7 Å². The molecular weight excluding hydrogens is 138 g/mol. The zero-order valence-electron chi connectivity index (χ0n) is 4.69. The quantitative estimate of drug-likeness (QED) is 0.454. The summed E-state index contributed by atoms with van der Waals surface area (Å²) in [6.07, 6.45) is 6.78. The first kappa shape index (κ1) is 6.22. The molecule has 0 fully saturated rings. The highest BCUT2D eigenvalue weighted by Crippen LogP contribution is 1.88. The summed E-state index contributed by atoms with van der Waals surface area (Å²) >= 11 is 0. The summed E-state index contributed by atoms with van der Waals surface area (Å²) in [5, 5.41) is 0. The Labute approximate surface area is 54.6 Å². The van der Waals surface area contributed by atoms with Gasteiger partial charge in [-0.15, -0.1) is 8.42 Å². The summed E-state index contributed by atoms with van der Waals surface area (Å²) in [6, 6.07) is 0. The van der Waals surface area contributed by atoms with Crippen LogP contribution >= 0.6 is 0 Å². The Morgan fingerprint density at radius 3 is 2.44 bits per heavy atom. The molecule has 0 aromatic rings. The maximum absolute atomic E-state index is 10.2. The molecule has 0 amide bonds. The van der Waals surface area contributed by atoms with Gasteiger partial charge in [-0.05, 0) is 6.08 Å². The van der Waals surface area contributed by atoms with Crippen molar-refractivity contribution in [1.82, 2.24) is 0 Å². The van der Waals surface area contributed by atoms with Crippen molar-refractivity contribution >= 4 is 10.5 Å². The summed E-state index contributed by atoms with van der Waals surface area (Å²) in [5.41, 5.74) is 0. The zero-order chi connectivity index (χ0) is 6.69. The number of hydrogen-bond acceptors (Lipinski definition) is 2. The van der Waals surface area contributed by atoms with Gasteiger partial charge in [-0.3, -0.25) is 0 Å². The summed E-state index contributed by atoms with van der Waals surface area (Å²) in [4.78, 5) is 0. The SMILES string of the molecule is O=S(=O)=[N+]1C=CC=CC1. The molecule has 1 aliphatic heterocycles. The Morgan fingerprint density at radius 1 is 1.33 bits per heavy atom. The van der Waals surface area contributed by atoms with Crippen LogP contribution in [0.3, 0.4) is 0 Å². The van der Waals surface area contributed by atoms with Gasteiger partial charge < -0.3 is 0 Å². The van der Waals surface area contributed by atoms with Crippen LogP contribution in [0.1, 0.15) is 0 Å². The molecule has 1 heterocycles. The van der Waals surface area contributed by atoms with E-state index in [4.69, 9.17) is 0 Å². The van der Waals surface area contributed by atoms with E-state index in [-0.39, 0.29) is 0 Å². The van der Waals surface area contributed by atoms with E-state index in [0.717, 1.165) is 0 Å². The minimum atomic E-state index is -2.11. The third-order valence-corrected chi connectivity index (χ3v) is 1.63. The van der Waals surface area contributed by atoms with Crippen LogP contribution < -0.4 is 0 Å². The molecule has 0 bridgehead atoms. The van der Waals surface area contributed by atoms with E-state index in [1.165, 1.54) is 10.1 Å². The Morgan fingerprint density at radius 2 is 2.11 bits per heavy atom. The van der Waals surface area contributed by atoms with E-state index in [9.17, 15) is 8.42 Å². The molecule has 48 valence electrons. The smallest absolute Gasteiger partial charge is 0.122 e. The van der Waals surface area contributed by atoms with Gasteiger partial charge in [0.25, 0.3) is 0 Å². The molecular formula is C5H6NO2S+. The molecule has 0 N–H and O–H groups in total. The Bertz CT molecular complexity index is 276. The first-order valence-electron chi connectivity index (χ1n) is 2.50. The Hall–Kier alpha value is -0.900. The van der Waals surface area contributed by atoms with Crippen LogP contribution in [-0.2, 0) is 10.5 Å². The predicted molar refractivity (Wildman–Crippen MR) is 32.3 cm³/mol. The van der Waals surface area contributed by atoms with Crippen molar-refractivity contribution in [3.63, 3.8) is 0 Å². The van der Waals surface area contributed by atoms with E-state index >= 15 is 0 Å². The van der Waals surface area contributed by atoms with Crippen molar-refractivity contribution < 1.29 is 12.4 Å². The van der Waals surface area contributed by atoms with Crippen LogP contribution in [0.4, 0.5) is 0 Å². The molecule has 0 saturated carbocycles. The summed E-state index contributed by atoms with van der Waals surface area (Å²) in [7, 11) is -2.11. The fraction of sp³-hybridized carbons (Fsp3) is 0.200. The summed E-state index contributed by atoms with van der Waals surface area (Å²) in [5.74, 6) is 0. The average Bonchev–Trinajstić information content (AvgIpc) is 1.90. The molecule has 4 heteroatoms. The molecule has 0 aliphatic carbocycles. The summed E-state index contributed by atoms with van der Waals surface area (Å²) in [6.45, 7) is 0.451. The van der Waals surface area contributed by atoms with Gasteiger partial charge in [-0.1, -0.05) is 10.0 Å². The fourth-order valence-corrected chi connectivity index (χ4v) is 0.938. The van der Waals surface area contributed by atoms with E-state index in [0.29, 0.717) is 6.54 Å². The fourth-order valence-electron chi connectivity index (χ4n) is 0.560. The Balaban J connectivity index is 3.05. The van der Waals surface area contributed by atoms with Crippen molar-refractivity contribution in [2.24, 2.45) is 0 Å². The molecule has 0 saturated heterocycles. The van der Waals surface area contributed by atoms with Crippen LogP contribution in [0, 0.1) is 0 Å². The largest absolute Gasteiger partial charge is 0.464 e. The highest BCUT2D eigenvalue weighted by Gasteiger charge is 2.00. The second kappa shape index (κ2) is 2.59. The maximum atomic E-state index is 10.2. The van der Waals surface area contributed by atoms with Crippen LogP contribution in [0.25, 0.3) is 0 Å². The molecule has 0 unspecified atom stereocenters. The number of allylic oxidation sites excluding steroid dienone is 2. The predicted octanol–water partition coefficient (Wildman–Crippen LogP) is 0.145. The van der Waals surface area contributed by atoms with Crippen molar-refractivity contribution in [2.45, 2.75) is 0 Å². The molecule has 0 atom stereocenters. The molecule has 1 aliphatic rings. The lowest BCUT2D eigenvalue weighted by atomic mass is 10.4. The molecule has 0 spiro atoms. The van der Waals surface area contributed by atoms with Crippen LogP contribution in [0.15, 0.2) is 24.4 Å². The van der Waals surface area contributed by atoms with Gasteiger partial charge in [-0.2, -0.15) is 0 Å². The Kier molecular flexibility index (Phi) is 1.79. The maximum Gasteiger partial charge on any atom is 0.464 e. The van der Waals surface area contributed by atoms with Gasteiger partial charge in [-0.25, -0.2) is 0 Å². The summed E-state index contributed by atoms with van der Waals surface area (Å²) < 4.78 is 21.6. The number of rotatable bonds is 0. The van der Waals surface area contributed by atoms with Gasteiger partial charge in [0.05, 0.1) is 0 Å². The second-order valence-corrected chi connectivity index (χ2v) is 2.49. The highest BCUT2D eigenvalue weighted by atomic mass is 32.2. The van der Waals surface area contributed by atoms with Crippen LogP contribution in [0.5, 0.6) is 0 Å². The van der Waals surface area contributed by atoms with E-state index in [1.807, 2.05) is 6.08 Å². The third-order valence-electron chi connectivity index (χ3n) is 0.976. The van der Waals surface area contributed by atoms with Crippen LogP contribution in [-0.4, -0.2) is 18.9 Å². The molecule has 3 nitrogen and oxygen atoms in total. The van der Waals surface area contributed by atoms with Crippen molar-refractivity contribution in [2.75, 3.05) is 6.54 Å². The molecule has 0 aromatic heterocycles. The first-order chi connectivity index (χ1) is 4.30. The first-order valence-corrected chi connectivity index (χ1v) is 3.53. The van der Waals surface area contributed by atoms with E-state index < -0.39 is 10.5 Å². The molecule has 1 rings (SSSR count). The topological polar surface area (TPSA) is 37.1 Å². The van der Waals surface area contributed by atoms with E-state index in [2.05, 4.69) is 0 Å². The van der Waals surface area contributed by atoms with Gasteiger partial charge in [0.1, 0.15) is 0 Å². The molecule has 0 aromatic carbocycles. The highest BCUT2D eigenvalue weighted by molar-refractivity contribution is 7.59.